The highest BCUT2D eigenvalue weighted by Crippen LogP contribution is 2.27. The van der Waals surface area contributed by atoms with E-state index in [2.05, 4.69) is 10.2 Å². The Morgan fingerprint density at radius 1 is 1.13 bits per heavy atom. The molecule has 0 aromatic heterocycles. The number of hydrogen-bond donors (Lipinski definition) is 1. The van der Waals surface area contributed by atoms with Gasteiger partial charge in [-0.25, -0.2) is 13.3 Å². The van der Waals surface area contributed by atoms with Crippen LogP contribution < -0.4 is 5.32 Å². The van der Waals surface area contributed by atoms with E-state index in [9.17, 15) is 13.2 Å². The van der Waals surface area contributed by atoms with Crippen molar-refractivity contribution in [2.24, 2.45) is 0 Å². The molecule has 3 rings (SSSR count). The lowest BCUT2D eigenvalue weighted by Gasteiger charge is -2.43. The van der Waals surface area contributed by atoms with Crippen LogP contribution in [0.5, 0.6) is 0 Å². The van der Waals surface area contributed by atoms with Crippen molar-refractivity contribution in [1.82, 2.24) is 9.21 Å². The minimum Gasteiger partial charge on any atom is -0.325 e. The lowest BCUT2D eigenvalue weighted by Crippen LogP contribution is -2.59. The number of rotatable bonds is 5. The van der Waals surface area contributed by atoms with Crippen LogP contribution in [0.15, 0.2) is 47.4 Å². The third kappa shape index (κ3) is 5.13. The molecule has 2 atom stereocenters. The summed E-state index contributed by atoms with van der Waals surface area (Å²) in [6, 6.07) is 11.4. The first-order valence-electron chi connectivity index (χ1n) is 10.2. The molecule has 31 heavy (non-hydrogen) atoms. The molecule has 7 nitrogen and oxygen atoms in total. The zero-order valence-electron chi connectivity index (χ0n) is 18.3. The number of carbonyl (C=O) groups excluding carboxylic acids is 1. The quantitative estimate of drug-likeness (QED) is 0.722. The Balaban J connectivity index is 1.70. The third-order valence-corrected chi connectivity index (χ3v) is 7.59. The number of piperazine rings is 1. The Morgan fingerprint density at radius 3 is 2.45 bits per heavy atom. The van der Waals surface area contributed by atoms with Gasteiger partial charge in [-0.1, -0.05) is 24.3 Å². The maximum absolute atomic E-state index is 13.2. The molecule has 164 valence electrons. The molecule has 2 unspecified atom stereocenters. The Labute approximate surface area is 184 Å². The maximum Gasteiger partial charge on any atom is 0.242 e. The van der Waals surface area contributed by atoms with E-state index < -0.39 is 10.0 Å². The van der Waals surface area contributed by atoms with Gasteiger partial charge >= 0.3 is 0 Å². The molecule has 0 aliphatic carbocycles. The summed E-state index contributed by atoms with van der Waals surface area (Å²) in [4.78, 5) is 18.1. The van der Waals surface area contributed by atoms with E-state index in [0.29, 0.717) is 18.8 Å². The fourth-order valence-electron chi connectivity index (χ4n) is 4.12. The standard InChI is InChI=1S/C23H28N4O3S/c1-16-9-10-17(2)22(11-16)25-23(28)15-26-13-18(3)27(19(4)14-26)31(29,30)21-8-6-7-20(12-21)24-5/h6-12,18-19H,13-15H2,1-4H3,(H,25,28). The number of sulfonamides is 1. The van der Waals surface area contributed by atoms with E-state index in [1.807, 2.05) is 50.8 Å². The second-order valence-electron chi connectivity index (χ2n) is 8.20. The van der Waals surface area contributed by atoms with Crippen LogP contribution in [0.4, 0.5) is 11.4 Å². The first-order chi connectivity index (χ1) is 14.6. The van der Waals surface area contributed by atoms with Gasteiger partial charge in [0.1, 0.15) is 0 Å². The Kier molecular flexibility index (Phi) is 6.80. The first kappa shape index (κ1) is 22.9. The van der Waals surface area contributed by atoms with Crippen LogP contribution in [0.3, 0.4) is 0 Å². The summed E-state index contributed by atoms with van der Waals surface area (Å²) in [5.74, 6) is -0.117. The minimum atomic E-state index is -3.74. The summed E-state index contributed by atoms with van der Waals surface area (Å²) < 4.78 is 28.0. The van der Waals surface area contributed by atoms with Gasteiger partial charge in [0.25, 0.3) is 0 Å². The SMILES string of the molecule is [C-]#[N+]c1cccc(S(=O)(=O)N2C(C)CN(CC(=O)Nc3cc(C)ccc3C)CC2C)c1. The van der Waals surface area contributed by atoms with Crippen LogP contribution in [0, 0.1) is 20.4 Å². The predicted molar refractivity (Wildman–Crippen MR) is 122 cm³/mol. The second-order valence-corrected chi connectivity index (χ2v) is 10.0. The molecule has 0 bridgehead atoms. The molecular weight excluding hydrogens is 412 g/mol. The van der Waals surface area contributed by atoms with Crippen molar-refractivity contribution in [1.29, 1.82) is 0 Å². The Hall–Kier alpha value is -2.73. The fourth-order valence-corrected chi connectivity index (χ4v) is 5.96. The largest absolute Gasteiger partial charge is 0.325 e. The highest BCUT2D eigenvalue weighted by atomic mass is 32.2. The normalized spacial score (nSPS) is 20.2. The highest BCUT2D eigenvalue weighted by Gasteiger charge is 2.38. The van der Waals surface area contributed by atoms with Crippen molar-refractivity contribution in [3.05, 3.63) is 65.0 Å². The molecule has 1 heterocycles. The monoisotopic (exact) mass is 440 g/mol. The predicted octanol–water partition coefficient (Wildman–Crippen LogP) is 3.58. The molecule has 0 spiro atoms. The molecular formula is C23H28N4O3S. The van der Waals surface area contributed by atoms with Gasteiger partial charge in [0.15, 0.2) is 5.69 Å². The van der Waals surface area contributed by atoms with Gasteiger partial charge in [-0.2, -0.15) is 4.31 Å². The van der Waals surface area contributed by atoms with Gasteiger partial charge in [-0.15, -0.1) is 0 Å². The lowest BCUT2D eigenvalue weighted by atomic mass is 10.1. The smallest absolute Gasteiger partial charge is 0.242 e. The van der Waals surface area contributed by atoms with Crippen LogP contribution in [0.1, 0.15) is 25.0 Å². The molecule has 1 aliphatic heterocycles. The van der Waals surface area contributed by atoms with Gasteiger partial charge < -0.3 is 5.32 Å². The number of nitrogens with zero attached hydrogens (tertiary/aromatic N) is 3. The summed E-state index contributed by atoms with van der Waals surface area (Å²) in [5, 5.41) is 2.97. The van der Waals surface area contributed by atoms with E-state index >= 15 is 0 Å². The second kappa shape index (κ2) is 9.18. The van der Waals surface area contributed by atoms with Crippen LogP contribution >= 0.6 is 0 Å². The van der Waals surface area contributed by atoms with Crippen molar-refractivity contribution < 1.29 is 13.2 Å². The number of aryl methyl sites for hydroxylation is 2. The zero-order chi connectivity index (χ0) is 22.8. The van der Waals surface area contributed by atoms with Gasteiger partial charge in [0, 0.05) is 30.9 Å². The van der Waals surface area contributed by atoms with Crippen molar-refractivity contribution >= 4 is 27.3 Å². The molecule has 8 heteroatoms. The molecule has 0 radical (unpaired) electrons. The molecule has 1 fully saturated rings. The van der Waals surface area contributed by atoms with Crippen LogP contribution in [0.2, 0.25) is 0 Å². The molecule has 2 aromatic rings. The topological polar surface area (TPSA) is 74.1 Å². The number of carbonyl (C=O) groups is 1. The number of benzene rings is 2. The summed E-state index contributed by atoms with van der Waals surface area (Å²) in [5.41, 5.74) is 3.16. The van der Waals surface area contributed by atoms with Gasteiger partial charge in [0.2, 0.25) is 15.9 Å². The highest BCUT2D eigenvalue weighted by molar-refractivity contribution is 7.89. The van der Waals surface area contributed by atoms with Gasteiger partial charge in [-0.05, 0) is 57.0 Å². The maximum atomic E-state index is 13.2. The van der Waals surface area contributed by atoms with Crippen LogP contribution in [-0.4, -0.2) is 55.2 Å². The Morgan fingerprint density at radius 2 is 1.81 bits per heavy atom. The van der Waals surface area contributed by atoms with E-state index in [0.717, 1.165) is 16.8 Å². The summed E-state index contributed by atoms with van der Waals surface area (Å²) in [7, 11) is -3.74. The molecule has 0 saturated carbocycles. The van der Waals surface area contributed by atoms with E-state index in [1.54, 1.807) is 12.1 Å². The number of amides is 1. The molecule has 1 aliphatic rings. The first-order valence-corrected chi connectivity index (χ1v) is 11.7. The molecule has 1 saturated heterocycles. The molecule has 1 amide bonds. The third-order valence-electron chi connectivity index (χ3n) is 5.47. The van der Waals surface area contributed by atoms with E-state index in [4.69, 9.17) is 6.57 Å². The number of anilines is 1. The number of nitrogens with one attached hydrogen (secondary N) is 1. The zero-order valence-corrected chi connectivity index (χ0v) is 19.1. The van der Waals surface area contributed by atoms with Gasteiger partial charge in [-0.3, -0.25) is 9.69 Å². The molecule has 1 N–H and O–H groups in total. The van der Waals surface area contributed by atoms with Crippen molar-refractivity contribution in [2.45, 2.75) is 44.7 Å². The van der Waals surface area contributed by atoms with E-state index in [-0.39, 0.29) is 29.4 Å². The summed E-state index contributed by atoms with van der Waals surface area (Å²) in [6.45, 7) is 15.9. The van der Waals surface area contributed by atoms with Crippen molar-refractivity contribution in [3.63, 3.8) is 0 Å². The average molecular weight is 441 g/mol. The Bertz CT molecular complexity index is 1110. The minimum absolute atomic E-state index is 0.117. The van der Waals surface area contributed by atoms with Gasteiger partial charge in [0.05, 0.1) is 18.0 Å². The van der Waals surface area contributed by atoms with Crippen molar-refractivity contribution in [3.8, 4) is 0 Å². The van der Waals surface area contributed by atoms with E-state index in [1.165, 1.54) is 16.4 Å². The lowest BCUT2D eigenvalue weighted by molar-refractivity contribution is -0.118. The fraction of sp³-hybridized carbons (Fsp3) is 0.391. The van der Waals surface area contributed by atoms with Crippen molar-refractivity contribution in [2.75, 3.05) is 25.0 Å². The van der Waals surface area contributed by atoms with Crippen LogP contribution in [0.25, 0.3) is 4.85 Å². The average Bonchev–Trinajstić information content (AvgIpc) is 2.70. The summed E-state index contributed by atoms with van der Waals surface area (Å²) >= 11 is 0. The summed E-state index contributed by atoms with van der Waals surface area (Å²) in [6.07, 6.45) is 0. The molecule has 2 aromatic carbocycles. The number of hydrogen-bond acceptors (Lipinski definition) is 4. The van der Waals surface area contributed by atoms with Crippen LogP contribution in [-0.2, 0) is 14.8 Å².